The summed E-state index contributed by atoms with van der Waals surface area (Å²) in [5.41, 5.74) is 8.19. The third kappa shape index (κ3) is 2.62. The number of hydrogen-bond donors (Lipinski definition) is 3. The van der Waals surface area contributed by atoms with Crippen LogP contribution in [0.25, 0.3) is 0 Å². The van der Waals surface area contributed by atoms with Crippen molar-refractivity contribution in [3.8, 4) is 0 Å². The molecule has 0 aromatic carbocycles. The molecule has 0 radical (unpaired) electrons. The van der Waals surface area contributed by atoms with Crippen molar-refractivity contribution in [3.63, 3.8) is 0 Å². The fourth-order valence-corrected chi connectivity index (χ4v) is 2.36. The molecule has 0 bridgehead atoms. The van der Waals surface area contributed by atoms with Gasteiger partial charge in [0.05, 0.1) is 0 Å². The molecular weight excluding hydrogens is 230 g/mol. The van der Waals surface area contributed by atoms with E-state index in [1.165, 1.54) is 0 Å². The Morgan fingerprint density at radius 1 is 1.44 bits per heavy atom. The van der Waals surface area contributed by atoms with Crippen LogP contribution >= 0.6 is 0 Å². The standard InChI is InChI=1S/C11H21N7/c1-3-17-4-5-18(7-8(17)2)10-6-9(16-13)14-11(12)15-10/h6,8H,3-5,7,13H2,1-2H3,(H3,12,14,15,16). The van der Waals surface area contributed by atoms with Crippen LogP contribution in [0.3, 0.4) is 0 Å². The number of nitrogens with two attached hydrogens (primary N) is 2. The van der Waals surface area contributed by atoms with Crippen LogP contribution in [-0.2, 0) is 0 Å². The Kier molecular flexibility index (Phi) is 3.83. The van der Waals surface area contributed by atoms with Crippen molar-refractivity contribution >= 4 is 17.6 Å². The molecule has 1 fully saturated rings. The molecule has 100 valence electrons. The van der Waals surface area contributed by atoms with E-state index in [1.54, 1.807) is 0 Å². The van der Waals surface area contributed by atoms with Crippen molar-refractivity contribution in [2.45, 2.75) is 19.9 Å². The van der Waals surface area contributed by atoms with E-state index in [-0.39, 0.29) is 5.95 Å². The minimum atomic E-state index is 0.242. The van der Waals surface area contributed by atoms with Crippen LogP contribution in [0.4, 0.5) is 17.6 Å². The zero-order valence-electron chi connectivity index (χ0n) is 10.9. The summed E-state index contributed by atoms with van der Waals surface area (Å²) in [5, 5.41) is 0. The molecule has 1 aromatic rings. The van der Waals surface area contributed by atoms with E-state index in [1.807, 2.05) is 6.07 Å². The molecule has 0 amide bonds. The van der Waals surface area contributed by atoms with Gasteiger partial charge in [-0.05, 0) is 13.5 Å². The quantitative estimate of drug-likeness (QED) is 0.509. The number of anilines is 3. The number of nitrogens with zero attached hydrogens (tertiary/aromatic N) is 4. The van der Waals surface area contributed by atoms with E-state index in [4.69, 9.17) is 11.6 Å². The Bertz CT molecular complexity index is 408. The Balaban J connectivity index is 2.15. The molecule has 1 aliphatic rings. The maximum absolute atomic E-state index is 5.67. The summed E-state index contributed by atoms with van der Waals surface area (Å²) >= 11 is 0. The second-order valence-electron chi connectivity index (χ2n) is 4.54. The molecule has 18 heavy (non-hydrogen) atoms. The molecular formula is C11H21N7. The number of nitrogens with one attached hydrogen (secondary N) is 1. The molecule has 1 aromatic heterocycles. The van der Waals surface area contributed by atoms with E-state index in [0.717, 1.165) is 32.0 Å². The monoisotopic (exact) mass is 251 g/mol. The molecule has 1 atom stereocenters. The predicted octanol–water partition coefficient (Wildman–Crippen LogP) is -0.125. The van der Waals surface area contributed by atoms with E-state index >= 15 is 0 Å². The second kappa shape index (κ2) is 5.36. The first-order valence-electron chi connectivity index (χ1n) is 6.24. The first-order chi connectivity index (χ1) is 8.63. The van der Waals surface area contributed by atoms with Crippen LogP contribution < -0.4 is 21.9 Å². The number of rotatable bonds is 3. The Labute approximate surface area is 107 Å². The van der Waals surface area contributed by atoms with Crippen LogP contribution in [-0.4, -0.2) is 47.1 Å². The van der Waals surface area contributed by atoms with Gasteiger partial charge in [0.1, 0.15) is 11.6 Å². The predicted molar refractivity (Wildman–Crippen MR) is 73.2 cm³/mol. The summed E-state index contributed by atoms with van der Waals surface area (Å²) in [5.74, 6) is 6.98. The highest BCUT2D eigenvalue weighted by molar-refractivity contribution is 5.52. The topological polar surface area (TPSA) is 96.3 Å². The van der Waals surface area contributed by atoms with Gasteiger partial charge in [0.25, 0.3) is 0 Å². The number of likely N-dealkylation sites (N-methyl/N-ethyl adjacent to an activating group) is 1. The van der Waals surface area contributed by atoms with Crippen molar-refractivity contribution < 1.29 is 0 Å². The number of aromatic nitrogens is 2. The average molecular weight is 251 g/mol. The van der Waals surface area contributed by atoms with Gasteiger partial charge < -0.3 is 16.1 Å². The molecule has 2 rings (SSSR count). The minimum absolute atomic E-state index is 0.242. The summed E-state index contributed by atoms with van der Waals surface area (Å²) < 4.78 is 0. The SMILES string of the molecule is CCN1CCN(c2cc(NN)nc(N)n2)CC1C. The number of hydrazine groups is 1. The lowest BCUT2D eigenvalue weighted by molar-refractivity contribution is 0.199. The lowest BCUT2D eigenvalue weighted by Gasteiger charge is -2.39. The van der Waals surface area contributed by atoms with Gasteiger partial charge >= 0.3 is 0 Å². The summed E-state index contributed by atoms with van der Waals surface area (Å²) in [4.78, 5) is 12.9. The lowest BCUT2D eigenvalue weighted by Crippen LogP contribution is -2.52. The highest BCUT2D eigenvalue weighted by Gasteiger charge is 2.23. The minimum Gasteiger partial charge on any atom is -0.368 e. The summed E-state index contributed by atoms with van der Waals surface area (Å²) in [7, 11) is 0. The third-order valence-corrected chi connectivity index (χ3v) is 3.37. The largest absolute Gasteiger partial charge is 0.368 e. The first kappa shape index (κ1) is 12.8. The molecule has 1 aliphatic heterocycles. The van der Waals surface area contributed by atoms with Gasteiger partial charge in [0.15, 0.2) is 0 Å². The summed E-state index contributed by atoms with van der Waals surface area (Å²) in [6, 6.07) is 2.33. The highest BCUT2D eigenvalue weighted by atomic mass is 15.3. The average Bonchev–Trinajstić information content (AvgIpc) is 2.37. The smallest absolute Gasteiger partial charge is 0.223 e. The van der Waals surface area contributed by atoms with Crippen LogP contribution in [0.1, 0.15) is 13.8 Å². The number of piperazine rings is 1. The van der Waals surface area contributed by atoms with Crippen molar-refractivity contribution in [2.24, 2.45) is 5.84 Å². The normalized spacial score (nSPS) is 21.1. The molecule has 1 saturated heterocycles. The van der Waals surface area contributed by atoms with E-state index in [9.17, 15) is 0 Å². The fourth-order valence-electron chi connectivity index (χ4n) is 2.36. The van der Waals surface area contributed by atoms with E-state index < -0.39 is 0 Å². The molecule has 7 nitrogen and oxygen atoms in total. The zero-order valence-corrected chi connectivity index (χ0v) is 10.9. The van der Waals surface area contributed by atoms with Gasteiger partial charge in [-0.25, -0.2) is 5.84 Å². The molecule has 7 heteroatoms. The zero-order chi connectivity index (χ0) is 13.1. The third-order valence-electron chi connectivity index (χ3n) is 3.37. The Morgan fingerprint density at radius 3 is 2.83 bits per heavy atom. The van der Waals surface area contributed by atoms with Crippen molar-refractivity contribution in [1.29, 1.82) is 0 Å². The fraction of sp³-hybridized carbons (Fsp3) is 0.636. The lowest BCUT2D eigenvalue weighted by atomic mass is 10.2. The number of hydrogen-bond acceptors (Lipinski definition) is 7. The van der Waals surface area contributed by atoms with Crippen molar-refractivity contribution in [3.05, 3.63) is 6.07 Å². The second-order valence-corrected chi connectivity index (χ2v) is 4.54. The van der Waals surface area contributed by atoms with Crippen LogP contribution in [0.15, 0.2) is 6.07 Å². The summed E-state index contributed by atoms with van der Waals surface area (Å²) in [6.45, 7) is 8.41. The highest BCUT2D eigenvalue weighted by Crippen LogP contribution is 2.20. The van der Waals surface area contributed by atoms with Crippen molar-refractivity contribution in [2.75, 3.05) is 42.2 Å². The molecule has 5 N–H and O–H groups in total. The van der Waals surface area contributed by atoms with Gasteiger partial charge in [-0.1, -0.05) is 6.92 Å². The van der Waals surface area contributed by atoms with Crippen molar-refractivity contribution in [1.82, 2.24) is 14.9 Å². The van der Waals surface area contributed by atoms with Gasteiger partial charge in [-0.2, -0.15) is 9.97 Å². The van der Waals surface area contributed by atoms with E-state index in [0.29, 0.717) is 11.9 Å². The molecule has 1 unspecified atom stereocenters. The van der Waals surface area contributed by atoms with Gasteiger partial charge in [-0.3, -0.25) is 4.90 Å². The van der Waals surface area contributed by atoms with Gasteiger partial charge in [0.2, 0.25) is 5.95 Å². The summed E-state index contributed by atoms with van der Waals surface area (Å²) in [6.07, 6.45) is 0. The Hall–Kier alpha value is -1.60. The van der Waals surface area contributed by atoms with Gasteiger partial charge in [0, 0.05) is 31.7 Å². The molecule has 0 saturated carbocycles. The van der Waals surface area contributed by atoms with E-state index in [2.05, 4.69) is 39.0 Å². The molecule has 0 aliphatic carbocycles. The van der Waals surface area contributed by atoms with Crippen LogP contribution in [0.2, 0.25) is 0 Å². The number of nitrogen functional groups attached to an aromatic ring is 2. The van der Waals surface area contributed by atoms with Gasteiger partial charge in [-0.15, -0.1) is 0 Å². The Morgan fingerprint density at radius 2 is 2.22 bits per heavy atom. The molecule has 2 heterocycles. The first-order valence-corrected chi connectivity index (χ1v) is 6.24. The molecule has 0 spiro atoms. The van der Waals surface area contributed by atoms with Crippen LogP contribution in [0.5, 0.6) is 0 Å². The maximum Gasteiger partial charge on any atom is 0.223 e. The maximum atomic E-state index is 5.67. The van der Waals surface area contributed by atoms with Crippen LogP contribution in [0, 0.1) is 0 Å².